The minimum absolute atomic E-state index is 0.0668. The normalized spacial score (nSPS) is 21.1. The van der Waals surface area contributed by atoms with E-state index in [1.807, 2.05) is 25.8 Å². The highest BCUT2D eigenvalue weighted by Gasteiger charge is 2.22. The molecule has 0 aromatic rings. The molecule has 1 saturated heterocycles. The van der Waals surface area contributed by atoms with Crippen molar-refractivity contribution in [2.24, 2.45) is 11.7 Å². The van der Waals surface area contributed by atoms with Crippen LogP contribution in [-0.2, 0) is 4.79 Å². The molecular formula is C14H29N3O2. The minimum atomic E-state index is -0.258. The number of rotatable bonds is 6. The molecule has 112 valence electrons. The van der Waals surface area contributed by atoms with Gasteiger partial charge in [-0.05, 0) is 45.7 Å². The largest absolute Gasteiger partial charge is 0.392 e. The van der Waals surface area contributed by atoms with Crippen molar-refractivity contribution < 1.29 is 9.90 Å². The molecule has 1 aliphatic rings. The third kappa shape index (κ3) is 6.36. The van der Waals surface area contributed by atoms with Crippen LogP contribution in [0, 0.1) is 5.92 Å². The van der Waals surface area contributed by atoms with Crippen LogP contribution in [0.15, 0.2) is 0 Å². The van der Waals surface area contributed by atoms with E-state index in [0.29, 0.717) is 12.3 Å². The first kappa shape index (κ1) is 16.4. The summed E-state index contributed by atoms with van der Waals surface area (Å²) in [6.45, 7) is 7.31. The zero-order chi connectivity index (χ0) is 14.4. The second-order valence-corrected chi connectivity index (χ2v) is 6.05. The van der Waals surface area contributed by atoms with Gasteiger partial charge in [-0.25, -0.2) is 0 Å². The highest BCUT2D eigenvalue weighted by Crippen LogP contribution is 2.18. The number of hydrogen-bond acceptors (Lipinski definition) is 4. The number of carbonyl (C=O) groups excluding carboxylic acids is 1. The molecule has 0 aliphatic carbocycles. The summed E-state index contributed by atoms with van der Waals surface area (Å²) in [7, 11) is 1.87. The number of likely N-dealkylation sites (tertiary alicyclic amines) is 1. The molecule has 2 unspecified atom stereocenters. The highest BCUT2D eigenvalue weighted by molar-refractivity contribution is 5.76. The fourth-order valence-electron chi connectivity index (χ4n) is 2.65. The van der Waals surface area contributed by atoms with E-state index < -0.39 is 0 Å². The Bertz CT molecular complexity index is 274. The monoisotopic (exact) mass is 271 g/mol. The molecule has 1 amide bonds. The van der Waals surface area contributed by atoms with Crippen LogP contribution in [0.5, 0.6) is 0 Å². The lowest BCUT2D eigenvalue weighted by molar-refractivity contribution is -0.130. The first-order valence-corrected chi connectivity index (χ1v) is 7.28. The predicted molar refractivity (Wildman–Crippen MR) is 76.7 cm³/mol. The molecule has 1 aliphatic heterocycles. The number of β-amino-alcohol motifs (C(OH)–C–C–N with tert-alkyl or cyclic N) is 1. The summed E-state index contributed by atoms with van der Waals surface area (Å²) in [5.74, 6) is 0.716. The van der Waals surface area contributed by atoms with Gasteiger partial charge in [0.15, 0.2) is 0 Å². The van der Waals surface area contributed by atoms with Crippen LogP contribution in [0.25, 0.3) is 0 Å². The topological polar surface area (TPSA) is 69.8 Å². The van der Waals surface area contributed by atoms with Crippen LogP contribution in [0.3, 0.4) is 0 Å². The van der Waals surface area contributed by atoms with Crippen molar-refractivity contribution in [1.82, 2.24) is 9.80 Å². The highest BCUT2D eigenvalue weighted by atomic mass is 16.3. The lowest BCUT2D eigenvalue weighted by Gasteiger charge is -2.34. The van der Waals surface area contributed by atoms with Crippen molar-refractivity contribution in [3.05, 3.63) is 0 Å². The first-order valence-electron chi connectivity index (χ1n) is 7.28. The molecule has 1 heterocycles. The zero-order valence-corrected chi connectivity index (χ0v) is 12.5. The van der Waals surface area contributed by atoms with Crippen LogP contribution in [0.4, 0.5) is 0 Å². The van der Waals surface area contributed by atoms with E-state index >= 15 is 0 Å². The van der Waals surface area contributed by atoms with Crippen molar-refractivity contribution in [3.8, 4) is 0 Å². The van der Waals surface area contributed by atoms with E-state index in [-0.39, 0.29) is 18.1 Å². The summed E-state index contributed by atoms with van der Waals surface area (Å²) in [6, 6.07) is -0.0668. The van der Waals surface area contributed by atoms with E-state index in [2.05, 4.69) is 4.90 Å². The maximum atomic E-state index is 11.8. The summed E-state index contributed by atoms with van der Waals surface area (Å²) in [6.07, 6.45) is 2.37. The number of aliphatic hydroxyl groups excluding tert-OH is 1. The van der Waals surface area contributed by atoms with E-state index in [0.717, 1.165) is 39.0 Å². The molecule has 2 atom stereocenters. The number of aliphatic hydroxyl groups is 1. The quantitative estimate of drug-likeness (QED) is 0.728. The summed E-state index contributed by atoms with van der Waals surface area (Å²) >= 11 is 0. The SMILES string of the molecule is CC(N)CC(=O)N(C)CC1CCN(CC(C)O)CC1. The fourth-order valence-corrected chi connectivity index (χ4v) is 2.65. The Morgan fingerprint density at radius 2 is 2.00 bits per heavy atom. The molecule has 0 aromatic carbocycles. The van der Waals surface area contributed by atoms with E-state index in [1.165, 1.54) is 0 Å². The van der Waals surface area contributed by atoms with Crippen molar-refractivity contribution in [1.29, 1.82) is 0 Å². The third-order valence-electron chi connectivity index (χ3n) is 3.68. The van der Waals surface area contributed by atoms with Crippen LogP contribution in [-0.4, -0.2) is 66.2 Å². The Kier molecular flexibility index (Phi) is 6.75. The third-order valence-corrected chi connectivity index (χ3v) is 3.68. The zero-order valence-electron chi connectivity index (χ0n) is 12.5. The van der Waals surface area contributed by atoms with Crippen LogP contribution < -0.4 is 5.73 Å². The maximum Gasteiger partial charge on any atom is 0.223 e. The van der Waals surface area contributed by atoms with Gasteiger partial charge in [-0.3, -0.25) is 4.79 Å². The second-order valence-electron chi connectivity index (χ2n) is 6.05. The summed E-state index contributed by atoms with van der Waals surface area (Å²) in [4.78, 5) is 16.0. The van der Waals surface area contributed by atoms with Gasteiger partial charge in [0.2, 0.25) is 5.91 Å². The van der Waals surface area contributed by atoms with Gasteiger partial charge in [-0.15, -0.1) is 0 Å². The maximum absolute atomic E-state index is 11.8. The molecule has 5 nitrogen and oxygen atoms in total. The minimum Gasteiger partial charge on any atom is -0.392 e. The van der Waals surface area contributed by atoms with Gasteiger partial charge in [0.25, 0.3) is 0 Å². The van der Waals surface area contributed by atoms with E-state index in [1.54, 1.807) is 0 Å². The van der Waals surface area contributed by atoms with Crippen LogP contribution >= 0.6 is 0 Å². The fraction of sp³-hybridized carbons (Fsp3) is 0.929. The molecule has 1 fully saturated rings. The summed E-state index contributed by atoms with van der Waals surface area (Å²) < 4.78 is 0. The molecule has 19 heavy (non-hydrogen) atoms. The average molecular weight is 271 g/mol. The lowest BCUT2D eigenvalue weighted by atomic mass is 9.96. The van der Waals surface area contributed by atoms with Gasteiger partial charge in [-0.2, -0.15) is 0 Å². The first-order chi connectivity index (χ1) is 8.88. The Labute approximate surface area is 116 Å². The number of hydrogen-bond donors (Lipinski definition) is 2. The molecule has 0 aromatic heterocycles. The van der Waals surface area contributed by atoms with Gasteiger partial charge >= 0.3 is 0 Å². The summed E-state index contributed by atoms with van der Waals surface area (Å²) in [5.41, 5.74) is 5.65. The summed E-state index contributed by atoms with van der Waals surface area (Å²) in [5, 5.41) is 9.37. The number of carbonyl (C=O) groups is 1. The van der Waals surface area contributed by atoms with E-state index in [9.17, 15) is 9.90 Å². The molecule has 0 radical (unpaired) electrons. The molecular weight excluding hydrogens is 242 g/mol. The number of nitrogens with two attached hydrogens (primary N) is 1. The van der Waals surface area contributed by atoms with Crippen molar-refractivity contribution in [2.75, 3.05) is 33.2 Å². The van der Waals surface area contributed by atoms with Gasteiger partial charge in [0.05, 0.1) is 6.10 Å². The Hall–Kier alpha value is -0.650. The van der Waals surface area contributed by atoms with E-state index in [4.69, 9.17) is 5.73 Å². The second kappa shape index (κ2) is 7.82. The lowest BCUT2D eigenvalue weighted by Crippen LogP contribution is -2.42. The molecule has 0 spiro atoms. The van der Waals surface area contributed by atoms with Gasteiger partial charge in [-0.1, -0.05) is 0 Å². The van der Waals surface area contributed by atoms with Gasteiger partial charge in [0, 0.05) is 32.6 Å². The number of amides is 1. The molecule has 5 heteroatoms. The number of nitrogens with zero attached hydrogens (tertiary/aromatic N) is 2. The van der Waals surface area contributed by atoms with Gasteiger partial charge in [0.1, 0.15) is 0 Å². The van der Waals surface area contributed by atoms with Crippen molar-refractivity contribution >= 4 is 5.91 Å². The Morgan fingerprint density at radius 1 is 1.42 bits per heavy atom. The van der Waals surface area contributed by atoms with Crippen LogP contribution in [0.2, 0.25) is 0 Å². The molecule has 0 saturated carbocycles. The molecule has 0 bridgehead atoms. The molecule has 3 N–H and O–H groups in total. The van der Waals surface area contributed by atoms with Crippen LogP contribution in [0.1, 0.15) is 33.1 Å². The number of piperidine rings is 1. The predicted octanol–water partition coefficient (Wildman–Crippen LogP) is 0.275. The van der Waals surface area contributed by atoms with Crippen molar-refractivity contribution in [3.63, 3.8) is 0 Å². The van der Waals surface area contributed by atoms with Gasteiger partial charge < -0.3 is 20.6 Å². The standard InChI is InChI=1S/C14H29N3O2/c1-11(15)8-14(19)16(3)10-13-4-6-17(7-5-13)9-12(2)18/h11-13,18H,4-10,15H2,1-3H3. The molecule has 1 rings (SSSR count). The average Bonchev–Trinajstić information content (AvgIpc) is 2.30. The smallest absolute Gasteiger partial charge is 0.223 e. The Balaban J connectivity index is 2.26. The Morgan fingerprint density at radius 3 is 2.47 bits per heavy atom. The van der Waals surface area contributed by atoms with Crippen molar-refractivity contribution in [2.45, 2.75) is 45.3 Å².